The van der Waals surface area contributed by atoms with E-state index in [2.05, 4.69) is 0 Å². The lowest BCUT2D eigenvalue weighted by Gasteiger charge is -2.16. The monoisotopic (exact) mass is 332 g/mol. The Labute approximate surface area is 133 Å². The topological polar surface area (TPSA) is 0 Å². The molecule has 0 aliphatic rings. The van der Waals surface area contributed by atoms with E-state index < -0.39 is 0 Å². The van der Waals surface area contributed by atoms with Gasteiger partial charge in [-0.05, 0) is 35.7 Å². The molecule has 0 fully saturated rings. The molecule has 0 nitrogen and oxygen atoms in total. The zero-order valence-corrected chi connectivity index (χ0v) is 13.1. The molecule has 0 aliphatic heterocycles. The minimum Gasteiger partial charge on any atom is -0.126 e. The van der Waals surface area contributed by atoms with Gasteiger partial charge < -0.3 is 0 Å². The lowest BCUT2D eigenvalue weighted by atomic mass is 9.93. The van der Waals surface area contributed by atoms with Gasteiger partial charge in [-0.2, -0.15) is 0 Å². The van der Waals surface area contributed by atoms with E-state index in [1.165, 1.54) is 0 Å². The molecule has 19 heavy (non-hydrogen) atoms. The Morgan fingerprint density at radius 1 is 0.947 bits per heavy atom. The average Bonchev–Trinajstić information content (AvgIpc) is 2.40. The third-order valence-electron chi connectivity index (χ3n) is 3.00. The van der Waals surface area contributed by atoms with Crippen LogP contribution < -0.4 is 0 Å². The zero-order valence-electron chi connectivity index (χ0n) is 10.0. The minimum atomic E-state index is 0.163. The molecule has 1 unspecified atom stereocenters. The molecule has 0 heterocycles. The summed E-state index contributed by atoms with van der Waals surface area (Å²) in [6, 6.07) is 13.4. The van der Waals surface area contributed by atoms with Crippen LogP contribution >= 0.6 is 46.4 Å². The van der Waals surface area contributed by atoms with Crippen LogP contribution in [0.25, 0.3) is 0 Å². The van der Waals surface area contributed by atoms with Crippen molar-refractivity contribution in [2.24, 2.45) is 0 Å². The third-order valence-corrected chi connectivity index (χ3v) is 4.47. The molecule has 100 valence electrons. The first kappa shape index (κ1) is 15.0. The molecule has 2 aromatic carbocycles. The van der Waals surface area contributed by atoms with Crippen molar-refractivity contribution >= 4 is 46.4 Å². The van der Waals surface area contributed by atoms with Crippen LogP contribution in [0.4, 0.5) is 0 Å². The Morgan fingerprint density at radius 2 is 1.68 bits per heavy atom. The number of alkyl halides is 1. The van der Waals surface area contributed by atoms with Crippen LogP contribution in [0.15, 0.2) is 42.5 Å². The molecule has 1 atom stereocenters. The number of benzene rings is 2. The summed E-state index contributed by atoms with van der Waals surface area (Å²) in [5.41, 5.74) is 2.11. The Morgan fingerprint density at radius 3 is 2.37 bits per heavy atom. The Kier molecular flexibility index (Phi) is 5.41. The highest BCUT2D eigenvalue weighted by atomic mass is 35.5. The molecule has 0 radical (unpaired) electrons. The van der Waals surface area contributed by atoms with Gasteiger partial charge >= 0.3 is 0 Å². The van der Waals surface area contributed by atoms with E-state index in [1.807, 2.05) is 36.4 Å². The molecule has 0 bridgehead atoms. The van der Waals surface area contributed by atoms with Crippen molar-refractivity contribution in [1.29, 1.82) is 0 Å². The van der Waals surface area contributed by atoms with E-state index in [1.54, 1.807) is 6.07 Å². The van der Waals surface area contributed by atoms with Crippen molar-refractivity contribution in [2.45, 2.75) is 12.3 Å². The highest BCUT2D eigenvalue weighted by Gasteiger charge is 2.14. The summed E-state index contributed by atoms with van der Waals surface area (Å²) in [5.74, 6) is 0.666. The number of rotatable bonds is 4. The summed E-state index contributed by atoms with van der Waals surface area (Å²) < 4.78 is 0. The molecule has 0 aliphatic carbocycles. The summed E-state index contributed by atoms with van der Waals surface area (Å²) in [6.45, 7) is 0. The molecule has 0 amide bonds. The first-order valence-electron chi connectivity index (χ1n) is 5.86. The zero-order chi connectivity index (χ0) is 13.8. The lowest BCUT2D eigenvalue weighted by molar-refractivity contribution is 0.766. The van der Waals surface area contributed by atoms with Crippen molar-refractivity contribution in [3.05, 3.63) is 68.7 Å². The molecule has 0 N–H and O–H groups in total. The van der Waals surface area contributed by atoms with Gasteiger partial charge in [-0.15, -0.1) is 11.6 Å². The highest BCUT2D eigenvalue weighted by Crippen LogP contribution is 2.31. The van der Waals surface area contributed by atoms with E-state index in [4.69, 9.17) is 46.4 Å². The maximum Gasteiger partial charge on any atom is 0.0624 e. The second-order valence-corrected chi connectivity index (χ2v) is 5.85. The predicted molar refractivity (Wildman–Crippen MR) is 85.1 cm³/mol. The van der Waals surface area contributed by atoms with Crippen LogP contribution in [0.2, 0.25) is 15.1 Å². The Hall–Kier alpha value is -0.400. The molecule has 0 saturated carbocycles. The average molecular weight is 334 g/mol. The maximum absolute atomic E-state index is 6.21. The van der Waals surface area contributed by atoms with Crippen molar-refractivity contribution in [1.82, 2.24) is 0 Å². The third kappa shape index (κ3) is 3.79. The van der Waals surface area contributed by atoms with Gasteiger partial charge in [0.1, 0.15) is 0 Å². The van der Waals surface area contributed by atoms with Crippen molar-refractivity contribution in [2.75, 3.05) is 5.88 Å². The van der Waals surface area contributed by atoms with Gasteiger partial charge in [0.15, 0.2) is 0 Å². The first-order valence-corrected chi connectivity index (χ1v) is 7.53. The van der Waals surface area contributed by atoms with E-state index in [0.29, 0.717) is 20.9 Å². The van der Waals surface area contributed by atoms with Gasteiger partial charge in [-0.25, -0.2) is 0 Å². The molecular weight excluding hydrogens is 322 g/mol. The predicted octanol–water partition coefficient (Wildman–Crippen LogP) is 6.21. The second-order valence-electron chi connectivity index (χ2n) is 4.32. The largest absolute Gasteiger partial charge is 0.126 e. The van der Waals surface area contributed by atoms with Gasteiger partial charge in [-0.1, -0.05) is 59.1 Å². The first-order chi connectivity index (χ1) is 9.11. The van der Waals surface area contributed by atoms with E-state index >= 15 is 0 Å². The molecule has 2 rings (SSSR count). The summed E-state index contributed by atoms with van der Waals surface area (Å²) in [4.78, 5) is 0. The van der Waals surface area contributed by atoms with Crippen LogP contribution in [0.3, 0.4) is 0 Å². The normalized spacial score (nSPS) is 12.4. The molecule has 0 saturated heterocycles. The number of hydrogen-bond donors (Lipinski definition) is 0. The molecule has 4 heteroatoms. The van der Waals surface area contributed by atoms with Gasteiger partial charge in [0, 0.05) is 16.8 Å². The van der Waals surface area contributed by atoms with Crippen LogP contribution in [0.1, 0.15) is 17.0 Å². The second kappa shape index (κ2) is 6.85. The SMILES string of the molecule is ClCC(Cc1cccc(Cl)c1Cl)c1cccc(Cl)c1. The van der Waals surface area contributed by atoms with Crippen molar-refractivity contribution in [3.63, 3.8) is 0 Å². The van der Waals surface area contributed by atoms with E-state index in [-0.39, 0.29) is 5.92 Å². The standard InChI is InChI=1S/C15H12Cl4/c16-9-12(10-3-1-5-13(17)8-10)7-11-4-2-6-14(18)15(11)19/h1-6,8,12H,7,9H2. The summed E-state index contributed by atoms with van der Waals surface area (Å²) in [7, 11) is 0. The van der Waals surface area contributed by atoms with Crippen molar-refractivity contribution < 1.29 is 0 Å². The fourth-order valence-electron chi connectivity index (χ4n) is 1.99. The Bertz CT molecular complexity index is 566. The fraction of sp³-hybridized carbons (Fsp3) is 0.200. The smallest absolute Gasteiger partial charge is 0.0624 e. The van der Waals surface area contributed by atoms with Crippen LogP contribution in [0.5, 0.6) is 0 Å². The summed E-state index contributed by atoms with van der Waals surface area (Å²) in [6.07, 6.45) is 0.739. The number of hydrogen-bond acceptors (Lipinski definition) is 0. The van der Waals surface area contributed by atoms with E-state index in [0.717, 1.165) is 17.5 Å². The van der Waals surface area contributed by atoms with E-state index in [9.17, 15) is 0 Å². The number of halogens is 4. The molecular formula is C15H12Cl4. The summed E-state index contributed by atoms with van der Waals surface area (Å²) >= 11 is 24.3. The highest BCUT2D eigenvalue weighted by molar-refractivity contribution is 6.42. The van der Waals surface area contributed by atoms with Crippen LogP contribution in [0, 0.1) is 0 Å². The maximum atomic E-state index is 6.21. The van der Waals surface area contributed by atoms with Gasteiger partial charge in [-0.3, -0.25) is 0 Å². The lowest BCUT2D eigenvalue weighted by Crippen LogP contribution is -2.05. The van der Waals surface area contributed by atoms with Gasteiger partial charge in [0.2, 0.25) is 0 Å². The molecule has 0 spiro atoms. The molecule has 0 aromatic heterocycles. The van der Waals surface area contributed by atoms with Crippen LogP contribution in [-0.4, -0.2) is 5.88 Å². The quantitative estimate of drug-likeness (QED) is 0.583. The Balaban J connectivity index is 2.26. The van der Waals surface area contributed by atoms with Crippen molar-refractivity contribution in [3.8, 4) is 0 Å². The molecule has 2 aromatic rings. The van der Waals surface area contributed by atoms with Crippen LogP contribution in [-0.2, 0) is 6.42 Å². The minimum absolute atomic E-state index is 0.163. The summed E-state index contributed by atoms with van der Waals surface area (Å²) in [5, 5.41) is 1.88. The fourth-order valence-corrected chi connectivity index (χ4v) is 2.88. The van der Waals surface area contributed by atoms with Gasteiger partial charge in [0.25, 0.3) is 0 Å². The van der Waals surface area contributed by atoms with Gasteiger partial charge in [0.05, 0.1) is 10.0 Å².